The van der Waals surface area contributed by atoms with Crippen LogP contribution < -0.4 is 24.3 Å². The highest BCUT2D eigenvalue weighted by atomic mass is 16.5. The number of para-hydroxylation sites is 2. The maximum Gasteiger partial charge on any atom is 0.248 e. The molecule has 0 radical (unpaired) electrons. The Morgan fingerprint density at radius 3 is 2.16 bits per heavy atom. The largest absolute Gasteiger partial charge is 0.493 e. The standard InChI is InChI=1S/C26H27NO5/c1-29-23-17-20(18-24(30-2)26(23)31-3)13-14-25(28)27-21-11-7-8-12-22(21)32-16-15-19-9-5-4-6-10-19/h4-14,17-18H,15-16H2,1-3H3,(H,27,28)/b14-13+. The maximum atomic E-state index is 12.5. The number of anilines is 1. The number of benzene rings is 3. The summed E-state index contributed by atoms with van der Waals surface area (Å²) < 4.78 is 21.9. The first-order valence-corrected chi connectivity index (χ1v) is 10.2. The van der Waals surface area contributed by atoms with Crippen molar-refractivity contribution in [3.8, 4) is 23.0 Å². The number of carbonyl (C=O) groups excluding carboxylic acids is 1. The second-order valence-corrected chi connectivity index (χ2v) is 6.86. The Morgan fingerprint density at radius 2 is 1.50 bits per heavy atom. The third-order valence-electron chi connectivity index (χ3n) is 4.75. The van der Waals surface area contributed by atoms with Gasteiger partial charge in [0.15, 0.2) is 11.5 Å². The van der Waals surface area contributed by atoms with Gasteiger partial charge in [-0.25, -0.2) is 0 Å². The molecule has 0 atom stereocenters. The molecule has 0 spiro atoms. The number of hydrogen-bond donors (Lipinski definition) is 1. The van der Waals surface area contributed by atoms with Gasteiger partial charge in [-0.1, -0.05) is 42.5 Å². The average Bonchev–Trinajstić information content (AvgIpc) is 2.83. The van der Waals surface area contributed by atoms with Gasteiger partial charge in [-0.05, 0) is 41.5 Å². The molecule has 6 nitrogen and oxygen atoms in total. The summed E-state index contributed by atoms with van der Waals surface area (Å²) in [6.07, 6.45) is 3.91. The molecule has 0 saturated carbocycles. The lowest BCUT2D eigenvalue weighted by atomic mass is 10.1. The highest BCUT2D eigenvalue weighted by Crippen LogP contribution is 2.38. The van der Waals surface area contributed by atoms with Crippen LogP contribution in [0.25, 0.3) is 6.08 Å². The molecule has 3 rings (SSSR count). The van der Waals surface area contributed by atoms with Crippen molar-refractivity contribution in [2.75, 3.05) is 33.3 Å². The minimum atomic E-state index is -0.280. The first-order chi connectivity index (χ1) is 15.6. The van der Waals surface area contributed by atoms with E-state index in [4.69, 9.17) is 18.9 Å². The molecule has 1 N–H and O–H groups in total. The summed E-state index contributed by atoms with van der Waals surface area (Å²) in [4.78, 5) is 12.5. The fourth-order valence-corrected chi connectivity index (χ4v) is 3.16. The fourth-order valence-electron chi connectivity index (χ4n) is 3.16. The van der Waals surface area contributed by atoms with E-state index in [9.17, 15) is 4.79 Å². The van der Waals surface area contributed by atoms with E-state index < -0.39 is 0 Å². The minimum Gasteiger partial charge on any atom is -0.493 e. The molecule has 1 amide bonds. The molecule has 0 fully saturated rings. The molecule has 0 aromatic heterocycles. The van der Waals surface area contributed by atoms with Crippen LogP contribution in [-0.4, -0.2) is 33.8 Å². The smallest absolute Gasteiger partial charge is 0.248 e. The molecule has 3 aromatic carbocycles. The quantitative estimate of drug-likeness (QED) is 0.457. The van der Waals surface area contributed by atoms with Gasteiger partial charge < -0.3 is 24.3 Å². The first-order valence-electron chi connectivity index (χ1n) is 10.2. The number of hydrogen-bond acceptors (Lipinski definition) is 5. The highest BCUT2D eigenvalue weighted by molar-refractivity contribution is 6.02. The fraction of sp³-hybridized carbons (Fsp3) is 0.192. The molecule has 32 heavy (non-hydrogen) atoms. The van der Waals surface area contributed by atoms with Crippen LogP contribution in [0.5, 0.6) is 23.0 Å². The normalized spacial score (nSPS) is 10.6. The number of amides is 1. The van der Waals surface area contributed by atoms with Crippen LogP contribution in [0, 0.1) is 0 Å². The maximum absolute atomic E-state index is 12.5. The summed E-state index contributed by atoms with van der Waals surface area (Å²) in [6.45, 7) is 0.512. The molecule has 3 aromatic rings. The van der Waals surface area contributed by atoms with Gasteiger partial charge in [-0.15, -0.1) is 0 Å². The molecule has 0 saturated heterocycles. The van der Waals surface area contributed by atoms with Crippen molar-refractivity contribution in [3.05, 3.63) is 83.9 Å². The zero-order valence-corrected chi connectivity index (χ0v) is 18.5. The third kappa shape index (κ3) is 6.04. The van der Waals surface area contributed by atoms with Crippen LogP contribution in [0.3, 0.4) is 0 Å². The van der Waals surface area contributed by atoms with E-state index in [1.807, 2.05) is 42.5 Å². The Kier molecular flexibility index (Phi) is 8.15. The molecular weight excluding hydrogens is 406 g/mol. The topological polar surface area (TPSA) is 66.0 Å². The zero-order valence-electron chi connectivity index (χ0n) is 18.5. The Balaban J connectivity index is 1.65. The molecular formula is C26H27NO5. The summed E-state index contributed by atoms with van der Waals surface area (Å²) in [5.74, 6) is 1.88. The Bertz CT molecular complexity index is 1040. The Hall–Kier alpha value is -3.93. The van der Waals surface area contributed by atoms with Gasteiger partial charge in [0.1, 0.15) is 5.75 Å². The second-order valence-electron chi connectivity index (χ2n) is 6.86. The van der Waals surface area contributed by atoms with Crippen LogP contribution >= 0.6 is 0 Å². The van der Waals surface area contributed by atoms with Gasteiger partial charge in [-0.3, -0.25) is 4.79 Å². The highest BCUT2D eigenvalue weighted by Gasteiger charge is 2.12. The molecule has 6 heteroatoms. The van der Waals surface area contributed by atoms with Gasteiger partial charge in [0.25, 0.3) is 0 Å². The molecule has 0 unspecified atom stereocenters. The summed E-state index contributed by atoms with van der Waals surface area (Å²) >= 11 is 0. The van der Waals surface area contributed by atoms with E-state index in [2.05, 4.69) is 17.4 Å². The van der Waals surface area contributed by atoms with Gasteiger partial charge in [-0.2, -0.15) is 0 Å². The van der Waals surface area contributed by atoms with Crippen molar-refractivity contribution in [1.29, 1.82) is 0 Å². The molecule has 166 valence electrons. The summed E-state index contributed by atoms with van der Waals surface area (Å²) in [5.41, 5.74) is 2.55. The lowest BCUT2D eigenvalue weighted by molar-refractivity contribution is -0.111. The summed E-state index contributed by atoms with van der Waals surface area (Å²) in [7, 11) is 4.64. The Morgan fingerprint density at radius 1 is 0.844 bits per heavy atom. The second kappa shape index (κ2) is 11.5. The van der Waals surface area contributed by atoms with Crippen LogP contribution in [0.2, 0.25) is 0 Å². The van der Waals surface area contributed by atoms with Crippen molar-refractivity contribution in [2.45, 2.75) is 6.42 Å². The van der Waals surface area contributed by atoms with E-state index in [0.29, 0.717) is 35.3 Å². The lowest BCUT2D eigenvalue weighted by Crippen LogP contribution is -2.10. The number of rotatable bonds is 10. The average molecular weight is 434 g/mol. The molecule has 0 aliphatic heterocycles. The van der Waals surface area contributed by atoms with E-state index >= 15 is 0 Å². The van der Waals surface area contributed by atoms with E-state index in [-0.39, 0.29) is 5.91 Å². The number of nitrogens with one attached hydrogen (secondary N) is 1. The molecule has 0 bridgehead atoms. The SMILES string of the molecule is COc1cc(/C=C/C(=O)Nc2ccccc2OCCc2ccccc2)cc(OC)c1OC. The summed E-state index contributed by atoms with van der Waals surface area (Å²) in [6, 6.07) is 21.0. The van der Waals surface area contributed by atoms with E-state index in [1.54, 1.807) is 39.5 Å². The number of methoxy groups -OCH3 is 3. The predicted octanol–water partition coefficient (Wildman–Crippen LogP) is 4.99. The first kappa shape index (κ1) is 22.7. The van der Waals surface area contributed by atoms with E-state index in [1.165, 1.54) is 11.6 Å². The van der Waals surface area contributed by atoms with Gasteiger partial charge in [0.05, 0.1) is 33.6 Å². The van der Waals surface area contributed by atoms with Crippen molar-refractivity contribution >= 4 is 17.7 Å². The van der Waals surface area contributed by atoms with Gasteiger partial charge in [0.2, 0.25) is 11.7 Å². The number of ether oxygens (including phenoxy) is 4. The zero-order chi connectivity index (χ0) is 22.8. The summed E-state index contributed by atoms with van der Waals surface area (Å²) in [5, 5.41) is 2.87. The van der Waals surface area contributed by atoms with E-state index in [0.717, 1.165) is 12.0 Å². The molecule has 0 aliphatic carbocycles. The molecule has 0 aliphatic rings. The lowest BCUT2D eigenvalue weighted by Gasteiger charge is -2.13. The van der Waals surface area contributed by atoms with Crippen LogP contribution in [-0.2, 0) is 11.2 Å². The van der Waals surface area contributed by atoms with Gasteiger partial charge >= 0.3 is 0 Å². The van der Waals surface area contributed by atoms with Crippen LogP contribution in [0.1, 0.15) is 11.1 Å². The van der Waals surface area contributed by atoms with Gasteiger partial charge in [0, 0.05) is 12.5 Å². The van der Waals surface area contributed by atoms with Crippen LogP contribution in [0.15, 0.2) is 72.8 Å². The van der Waals surface area contributed by atoms with Crippen LogP contribution in [0.4, 0.5) is 5.69 Å². The minimum absolute atomic E-state index is 0.280. The monoisotopic (exact) mass is 433 g/mol. The Labute approximate surface area is 188 Å². The number of carbonyl (C=O) groups is 1. The predicted molar refractivity (Wildman–Crippen MR) is 126 cm³/mol. The van der Waals surface area contributed by atoms with Crippen molar-refractivity contribution in [3.63, 3.8) is 0 Å². The third-order valence-corrected chi connectivity index (χ3v) is 4.75. The van der Waals surface area contributed by atoms with Crippen molar-refractivity contribution in [1.82, 2.24) is 0 Å². The molecule has 0 heterocycles. The van der Waals surface area contributed by atoms with Crippen molar-refractivity contribution < 1.29 is 23.7 Å². The van der Waals surface area contributed by atoms with Crippen molar-refractivity contribution in [2.24, 2.45) is 0 Å².